The zero-order valence-electron chi connectivity index (χ0n) is 12.7. The Bertz CT molecular complexity index is 890. The normalized spacial score (nSPS) is 17.3. The number of amides is 1. The van der Waals surface area contributed by atoms with E-state index in [0.717, 1.165) is 11.3 Å². The van der Waals surface area contributed by atoms with Crippen LogP contribution in [0.15, 0.2) is 58.4 Å². The van der Waals surface area contributed by atoms with Crippen LogP contribution in [-0.2, 0) is 4.79 Å². The van der Waals surface area contributed by atoms with Gasteiger partial charge < -0.3 is 5.32 Å². The fourth-order valence-corrected chi connectivity index (χ4v) is 3.02. The van der Waals surface area contributed by atoms with E-state index in [1.807, 2.05) is 31.2 Å². The summed E-state index contributed by atoms with van der Waals surface area (Å²) in [6.45, 7) is 1.94. The average molecular weight is 339 g/mol. The number of hydrogen-bond donors (Lipinski definition) is 1. The number of nitro benzene ring substituents is 1. The number of carbonyl (C=O) groups excluding carboxylic acids is 1. The highest BCUT2D eigenvalue weighted by Crippen LogP contribution is 2.30. The van der Waals surface area contributed by atoms with Gasteiger partial charge in [0.05, 0.1) is 21.1 Å². The number of amidine groups is 1. The molecule has 120 valence electrons. The molecule has 0 bridgehead atoms. The smallest absolute Gasteiger partial charge is 0.276 e. The first-order valence-corrected chi connectivity index (χ1v) is 7.95. The summed E-state index contributed by atoms with van der Waals surface area (Å²) in [6.07, 6.45) is 1.51. The van der Waals surface area contributed by atoms with Crippen LogP contribution in [0, 0.1) is 17.0 Å². The van der Waals surface area contributed by atoms with Gasteiger partial charge in [-0.15, -0.1) is 0 Å². The highest BCUT2D eigenvalue weighted by Gasteiger charge is 2.25. The summed E-state index contributed by atoms with van der Waals surface area (Å²) < 4.78 is 0. The van der Waals surface area contributed by atoms with Gasteiger partial charge in [-0.25, -0.2) is 4.99 Å². The number of rotatable bonds is 3. The van der Waals surface area contributed by atoms with Crippen LogP contribution in [0.5, 0.6) is 0 Å². The van der Waals surface area contributed by atoms with Gasteiger partial charge in [-0.2, -0.15) is 0 Å². The third-order valence-electron chi connectivity index (χ3n) is 3.41. The molecule has 1 heterocycles. The number of carbonyl (C=O) groups is 1. The third-order valence-corrected chi connectivity index (χ3v) is 4.32. The highest BCUT2D eigenvalue weighted by molar-refractivity contribution is 8.18. The Labute approximate surface area is 142 Å². The van der Waals surface area contributed by atoms with Crippen molar-refractivity contribution in [1.29, 1.82) is 0 Å². The number of nitrogens with zero attached hydrogens (tertiary/aromatic N) is 2. The van der Waals surface area contributed by atoms with E-state index in [2.05, 4.69) is 10.3 Å². The maximum absolute atomic E-state index is 12.1. The highest BCUT2D eigenvalue weighted by atomic mass is 32.2. The quantitative estimate of drug-likeness (QED) is 0.524. The summed E-state index contributed by atoms with van der Waals surface area (Å²) in [5, 5.41) is 14.2. The second-order valence-corrected chi connectivity index (χ2v) is 6.11. The number of aryl methyl sites for hydroxylation is 1. The van der Waals surface area contributed by atoms with Crippen molar-refractivity contribution in [2.45, 2.75) is 6.92 Å². The van der Waals surface area contributed by atoms with Gasteiger partial charge in [-0.3, -0.25) is 14.9 Å². The molecule has 7 heteroatoms. The minimum Gasteiger partial charge on any atom is -0.300 e. The molecular weight excluding hydrogens is 326 g/mol. The first kappa shape index (κ1) is 15.9. The fraction of sp³-hybridized carbons (Fsp3) is 0.0588. The van der Waals surface area contributed by atoms with Crippen LogP contribution < -0.4 is 5.32 Å². The molecule has 3 rings (SSSR count). The maximum Gasteiger partial charge on any atom is 0.276 e. The number of para-hydroxylation sites is 2. The average Bonchev–Trinajstić information content (AvgIpc) is 2.89. The van der Waals surface area contributed by atoms with Gasteiger partial charge in [0.2, 0.25) is 0 Å². The van der Waals surface area contributed by atoms with Gasteiger partial charge >= 0.3 is 0 Å². The molecule has 2 aromatic carbocycles. The number of benzene rings is 2. The minimum atomic E-state index is -0.466. The summed E-state index contributed by atoms with van der Waals surface area (Å²) in [5.41, 5.74) is 2.11. The summed E-state index contributed by atoms with van der Waals surface area (Å²) in [7, 11) is 0. The molecule has 0 aliphatic carbocycles. The molecule has 0 unspecified atom stereocenters. The van der Waals surface area contributed by atoms with Crippen LogP contribution in [0.3, 0.4) is 0 Å². The molecule has 0 radical (unpaired) electrons. The van der Waals surface area contributed by atoms with Crippen molar-refractivity contribution in [2.75, 3.05) is 0 Å². The zero-order valence-corrected chi connectivity index (χ0v) is 13.5. The SMILES string of the molecule is Cc1ccccc1N=C1NC(=O)/C(=C\c2ccccc2[N+](=O)[O-])S1. The van der Waals surface area contributed by atoms with Gasteiger partial charge in [-0.1, -0.05) is 30.3 Å². The Morgan fingerprint density at radius 3 is 2.62 bits per heavy atom. The lowest BCUT2D eigenvalue weighted by Gasteiger charge is -1.99. The predicted octanol–water partition coefficient (Wildman–Crippen LogP) is 3.79. The van der Waals surface area contributed by atoms with E-state index in [1.54, 1.807) is 18.2 Å². The molecule has 0 aromatic heterocycles. The van der Waals surface area contributed by atoms with Crippen LogP contribution in [0.25, 0.3) is 6.08 Å². The summed E-state index contributed by atoms with van der Waals surface area (Å²) in [5.74, 6) is -0.314. The second kappa shape index (κ2) is 6.67. The van der Waals surface area contributed by atoms with Crippen molar-refractivity contribution >= 4 is 40.3 Å². The van der Waals surface area contributed by atoms with E-state index >= 15 is 0 Å². The van der Waals surface area contributed by atoms with E-state index in [4.69, 9.17) is 0 Å². The lowest BCUT2D eigenvalue weighted by molar-refractivity contribution is -0.385. The van der Waals surface area contributed by atoms with E-state index in [0.29, 0.717) is 15.6 Å². The van der Waals surface area contributed by atoms with Gasteiger partial charge in [-0.05, 0) is 42.5 Å². The Morgan fingerprint density at radius 1 is 1.17 bits per heavy atom. The first-order valence-electron chi connectivity index (χ1n) is 7.13. The Morgan fingerprint density at radius 2 is 1.88 bits per heavy atom. The molecule has 1 N–H and O–H groups in total. The van der Waals surface area contributed by atoms with Gasteiger partial charge in [0.1, 0.15) is 0 Å². The number of nitro groups is 1. The number of aliphatic imine (C=N–C) groups is 1. The summed E-state index contributed by atoms with van der Waals surface area (Å²) in [4.78, 5) is 27.5. The van der Waals surface area contributed by atoms with Crippen LogP contribution in [0.4, 0.5) is 11.4 Å². The fourth-order valence-electron chi connectivity index (χ4n) is 2.20. The van der Waals surface area contributed by atoms with Crippen LogP contribution >= 0.6 is 11.8 Å². The molecule has 6 nitrogen and oxygen atoms in total. The predicted molar refractivity (Wildman–Crippen MR) is 95.1 cm³/mol. The molecule has 0 saturated carbocycles. The number of nitrogens with one attached hydrogen (secondary N) is 1. The van der Waals surface area contributed by atoms with E-state index in [-0.39, 0.29) is 11.6 Å². The molecule has 0 atom stereocenters. The molecule has 24 heavy (non-hydrogen) atoms. The summed E-state index contributed by atoms with van der Waals surface area (Å²) in [6, 6.07) is 13.9. The minimum absolute atomic E-state index is 0.0392. The van der Waals surface area contributed by atoms with Crippen LogP contribution in [-0.4, -0.2) is 16.0 Å². The standard InChI is InChI=1S/C17H13N3O3S/c1-11-6-2-4-8-13(11)18-17-19-16(21)15(24-17)10-12-7-3-5-9-14(12)20(22)23/h2-10H,1H3,(H,18,19,21)/b15-10+. The van der Waals surface area contributed by atoms with E-state index < -0.39 is 4.92 Å². The van der Waals surface area contributed by atoms with Gasteiger partial charge in [0, 0.05) is 6.07 Å². The van der Waals surface area contributed by atoms with Crippen LogP contribution in [0.1, 0.15) is 11.1 Å². The molecule has 2 aromatic rings. The molecular formula is C17H13N3O3S. The maximum atomic E-state index is 12.1. The lowest BCUT2D eigenvalue weighted by atomic mass is 10.1. The third kappa shape index (κ3) is 3.36. The van der Waals surface area contributed by atoms with Crippen molar-refractivity contribution in [3.05, 3.63) is 74.7 Å². The Balaban J connectivity index is 1.91. The lowest BCUT2D eigenvalue weighted by Crippen LogP contribution is -2.19. The largest absolute Gasteiger partial charge is 0.300 e. The molecule has 1 aliphatic heterocycles. The monoisotopic (exact) mass is 339 g/mol. The molecule has 1 fully saturated rings. The van der Waals surface area contributed by atoms with Gasteiger partial charge in [0.25, 0.3) is 11.6 Å². The molecule has 1 aliphatic rings. The Kier molecular flexibility index (Phi) is 4.43. The summed E-state index contributed by atoms with van der Waals surface area (Å²) >= 11 is 1.17. The van der Waals surface area contributed by atoms with Crippen molar-refractivity contribution in [1.82, 2.24) is 5.32 Å². The molecule has 0 spiro atoms. The Hall–Kier alpha value is -2.93. The zero-order chi connectivity index (χ0) is 17.1. The second-order valence-electron chi connectivity index (χ2n) is 5.08. The van der Waals surface area contributed by atoms with Crippen molar-refractivity contribution in [2.24, 2.45) is 4.99 Å². The van der Waals surface area contributed by atoms with Crippen molar-refractivity contribution in [3.63, 3.8) is 0 Å². The van der Waals surface area contributed by atoms with Crippen molar-refractivity contribution < 1.29 is 9.72 Å². The van der Waals surface area contributed by atoms with E-state index in [1.165, 1.54) is 23.9 Å². The van der Waals surface area contributed by atoms with Gasteiger partial charge in [0.15, 0.2) is 5.17 Å². The molecule has 1 saturated heterocycles. The van der Waals surface area contributed by atoms with Crippen molar-refractivity contribution in [3.8, 4) is 0 Å². The topological polar surface area (TPSA) is 84.6 Å². The van der Waals surface area contributed by atoms with Crippen LogP contribution in [0.2, 0.25) is 0 Å². The molecule has 1 amide bonds. The van der Waals surface area contributed by atoms with E-state index in [9.17, 15) is 14.9 Å². The first-order chi connectivity index (χ1) is 11.5. The number of thioether (sulfide) groups is 1. The number of hydrogen-bond acceptors (Lipinski definition) is 5.